The van der Waals surface area contributed by atoms with E-state index in [-0.39, 0.29) is 12.5 Å². The van der Waals surface area contributed by atoms with Gasteiger partial charge in [0.15, 0.2) is 0 Å². The fourth-order valence-electron chi connectivity index (χ4n) is 1.82. The van der Waals surface area contributed by atoms with Crippen LogP contribution in [0.1, 0.15) is 32.1 Å². The molecule has 0 bridgehead atoms. The fourth-order valence-corrected chi connectivity index (χ4v) is 3.24. The van der Waals surface area contributed by atoms with Crippen molar-refractivity contribution in [1.29, 1.82) is 0 Å². The van der Waals surface area contributed by atoms with E-state index in [0.717, 1.165) is 18.6 Å². The molecule has 0 radical (unpaired) electrons. The molecule has 15 heavy (non-hydrogen) atoms. The van der Waals surface area contributed by atoms with E-state index in [1.54, 1.807) is 0 Å². The van der Waals surface area contributed by atoms with Gasteiger partial charge in [-0.2, -0.15) is 24.9 Å². The zero-order valence-electron chi connectivity index (χ0n) is 8.52. The van der Waals surface area contributed by atoms with Crippen LogP contribution in [-0.4, -0.2) is 23.2 Å². The van der Waals surface area contributed by atoms with Crippen LogP contribution in [0.2, 0.25) is 0 Å². The first-order valence-corrected chi connectivity index (χ1v) is 6.22. The molecular weight excluding hydrogens is 225 g/mol. The van der Waals surface area contributed by atoms with Crippen molar-refractivity contribution in [3.05, 3.63) is 0 Å². The van der Waals surface area contributed by atoms with Crippen LogP contribution >= 0.6 is 11.8 Å². The van der Waals surface area contributed by atoms with Crippen LogP contribution < -0.4 is 11.3 Å². The predicted octanol–water partition coefficient (Wildman–Crippen LogP) is 2.45. The molecule has 0 aromatic carbocycles. The molecule has 90 valence electrons. The van der Waals surface area contributed by atoms with Crippen LogP contribution in [0.15, 0.2) is 0 Å². The van der Waals surface area contributed by atoms with Crippen molar-refractivity contribution >= 4 is 11.8 Å². The highest BCUT2D eigenvalue weighted by molar-refractivity contribution is 8.00. The number of rotatable bonds is 5. The van der Waals surface area contributed by atoms with Crippen molar-refractivity contribution in [2.24, 2.45) is 5.84 Å². The number of nitrogens with two attached hydrogens (primary N) is 1. The van der Waals surface area contributed by atoms with Gasteiger partial charge in [-0.3, -0.25) is 11.3 Å². The van der Waals surface area contributed by atoms with Gasteiger partial charge in [0, 0.05) is 17.7 Å². The zero-order chi connectivity index (χ0) is 11.3. The lowest BCUT2D eigenvalue weighted by Crippen LogP contribution is -2.41. The topological polar surface area (TPSA) is 38.0 Å². The molecule has 1 fully saturated rings. The highest BCUT2D eigenvalue weighted by atomic mass is 32.2. The number of thioether (sulfide) groups is 1. The molecule has 0 aromatic heterocycles. The van der Waals surface area contributed by atoms with E-state index in [1.165, 1.54) is 0 Å². The van der Waals surface area contributed by atoms with E-state index >= 15 is 0 Å². The molecule has 1 aliphatic rings. The zero-order valence-corrected chi connectivity index (χ0v) is 9.33. The molecule has 2 atom stereocenters. The average Bonchev–Trinajstić information content (AvgIpc) is 2.63. The Morgan fingerprint density at radius 3 is 2.67 bits per heavy atom. The van der Waals surface area contributed by atoms with Crippen molar-refractivity contribution in [3.8, 4) is 0 Å². The predicted molar refractivity (Wildman–Crippen MR) is 56.5 cm³/mol. The summed E-state index contributed by atoms with van der Waals surface area (Å²) in [4.78, 5) is 0. The first-order chi connectivity index (χ1) is 7.03. The highest BCUT2D eigenvalue weighted by Crippen LogP contribution is 2.31. The molecule has 2 nitrogen and oxygen atoms in total. The van der Waals surface area contributed by atoms with Gasteiger partial charge < -0.3 is 0 Å². The summed E-state index contributed by atoms with van der Waals surface area (Å²) in [6.07, 6.45) is -1.87. The lowest BCUT2D eigenvalue weighted by atomic mass is 10.0. The standard InChI is InChI=1S/C9H17F3N2S/c10-9(11,12)5-1-3-7(14-13)8-4-2-6-15-8/h7-8,14H,1-6,13H2. The molecule has 2 unspecified atom stereocenters. The summed E-state index contributed by atoms with van der Waals surface area (Å²) in [5.41, 5.74) is 2.64. The summed E-state index contributed by atoms with van der Waals surface area (Å²) in [7, 11) is 0. The Morgan fingerprint density at radius 2 is 2.20 bits per heavy atom. The van der Waals surface area contributed by atoms with Crippen LogP contribution in [-0.2, 0) is 0 Å². The van der Waals surface area contributed by atoms with Crippen molar-refractivity contribution in [2.75, 3.05) is 5.75 Å². The first kappa shape index (κ1) is 13.1. The second-order valence-corrected chi connectivity index (χ2v) is 5.18. The van der Waals surface area contributed by atoms with Crippen molar-refractivity contribution in [1.82, 2.24) is 5.43 Å². The highest BCUT2D eigenvalue weighted by Gasteiger charge is 2.29. The van der Waals surface area contributed by atoms with Crippen LogP contribution in [0.3, 0.4) is 0 Å². The Morgan fingerprint density at radius 1 is 1.47 bits per heavy atom. The molecule has 1 heterocycles. The van der Waals surface area contributed by atoms with Gasteiger partial charge in [0.05, 0.1) is 0 Å². The van der Waals surface area contributed by atoms with Crippen molar-refractivity contribution in [3.63, 3.8) is 0 Å². The molecule has 0 amide bonds. The number of nitrogens with one attached hydrogen (secondary N) is 1. The molecule has 1 saturated heterocycles. The maximum Gasteiger partial charge on any atom is 0.389 e. The summed E-state index contributed by atoms with van der Waals surface area (Å²) < 4.78 is 35.8. The van der Waals surface area contributed by atoms with Gasteiger partial charge in [-0.15, -0.1) is 0 Å². The largest absolute Gasteiger partial charge is 0.389 e. The maximum atomic E-state index is 11.9. The van der Waals surface area contributed by atoms with E-state index in [0.29, 0.717) is 11.7 Å². The van der Waals surface area contributed by atoms with Gasteiger partial charge >= 0.3 is 6.18 Å². The van der Waals surface area contributed by atoms with Gasteiger partial charge in [-0.1, -0.05) is 0 Å². The number of halogens is 3. The van der Waals surface area contributed by atoms with Gasteiger partial charge in [0.2, 0.25) is 0 Å². The molecule has 0 saturated carbocycles. The van der Waals surface area contributed by atoms with Crippen LogP contribution in [0.25, 0.3) is 0 Å². The Bertz CT molecular complexity index is 181. The monoisotopic (exact) mass is 242 g/mol. The minimum absolute atomic E-state index is 0.0276. The molecule has 0 aliphatic carbocycles. The molecule has 1 rings (SSSR count). The van der Waals surface area contributed by atoms with E-state index in [4.69, 9.17) is 5.84 Å². The fraction of sp³-hybridized carbons (Fsp3) is 1.00. The summed E-state index contributed by atoms with van der Waals surface area (Å²) in [5, 5.41) is 0.392. The lowest BCUT2D eigenvalue weighted by molar-refractivity contribution is -0.135. The quantitative estimate of drug-likeness (QED) is 0.574. The third-order valence-corrected chi connectivity index (χ3v) is 4.12. The molecule has 3 N–H and O–H groups in total. The van der Waals surface area contributed by atoms with E-state index in [9.17, 15) is 13.2 Å². The summed E-state index contributed by atoms with van der Waals surface area (Å²) in [6, 6.07) is 0.0276. The molecule has 1 aliphatic heterocycles. The van der Waals surface area contributed by atoms with Gasteiger partial charge in [-0.25, -0.2) is 0 Å². The molecule has 0 aromatic rings. The van der Waals surface area contributed by atoms with Crippen molar-refractivity contribution < 1.29 is 13.2 Å². The summed E-state index contributed by atoms with van der Waals surface area (Å²) in [5.74, 6) is 6.46. The summed E-state index contributed by atoms with van der Waals surface area (Å²) in [6.45, 7) is 0. The van der Waals surface area contributed by atoms with Gasteiger partial charge in [-0.05, 0) is 31.4 Å². The number of hydrazine groups is 1. The van der Waals surface area contributed by atoms with Gasteiger partial charge in [0.25, 0.3) is 0 Å². The lowest BCUT2D eigenvalue weighted by Gasteiger charge is -2.21. The Labute approximate surface area is 92.1 Å². The Hall–Kier alpha value is 0.0600. The van der Waals surface area contributed by atoms with Crippen LogP contribution in [0.4, 0.5) is 13.2 Å². The average molecular weight is 242 g/mol. The molecular formula is C9H17F3N2S. The molecule has 0 spiro atoms. The van der Waals surface area contributed by atoms with Gasteiger partial charge in [0.1, 0.15) is 0 Å². The first-order valence-electron chi connectivity index (χ1n) is 5.17. The summed E-state index contributed by atoms with van der Waals surface area (Å²) >= 11 is 1.81. The van der Waals surface area contributed by atoms with Crippen LogP contribution in [0, 0.1) is 0 Å². The van der Waals surface area contributed by atoms with Crippen LogP contribution in [0.5, 0.6) is 0 Å². The second kappa shape index (κ2) is 5.96. The normalized spacial score (nSPS) is 24.4. The minimum atomic E-state index is -4.04. The maximum absolute atomic E-state index is 11.9. The second-order valence-electron chi connectivity index (χ2n) is 3.83. The van der Waals surface area contributed by atoms with E-state index in [1.807, 2.05) is 11.8 Å². The van der Waals surface area contributed by atoms with Crippen molar-refractivity contribution in [2.45, 2.75) is 49.6 Å². The third-order valence-electron chi connectivity index (χ3n) is 2.60. The smallest absolute Gasteiger partial charge is 0.271 e. The number of hydrogen-bond acceptors (Lipinski definition) is 3. The number of hydrogen-bond donors (Lipinski definition) is 2. The third kappa shape index (κ3) is 5.08. The van der Waals surface area contributed by atoms with E-state index < -0.39 is 12.6 Å². The Balaban J connectivity index is 2.21. The molecule has 6 heteroatoms. The minimum Gasteiger partial charge on any atom is -0.271 e. The SMILES string of the molecule is NNC(CCCC(F)(F)F)C1CCCS1. The number of alkyl halides is 3. The van der Waals surface area contributed by atoms with E-state index in [2.05, 4.69) is 5.43 Å². The Kier molecular flexibility index (Phi) is 5.22.